The molecule has 0 atom stereocenters. The normalized spacial score (nSPS) is 11.6. The lowest BCUT2D eigenvalue weighted by molar-refractivity contribution is 0.603. The summed E-state index contributed by atoms with van der Waals surface area (Å²) in [7, 11) is -3.57. The van der Waals surface area contributed by atoms with Crippen LogP contribution in [0.2, 0.25) is 4.34 Å². The number of benzene rings is 1. The monoisotopic (exact) mass is 315 g/mol. The zero-order chi connectivity index (χ0) is 14.2. The van der Waals surface area contributed by atoms with Crippen molar-refractivity contribution in [3.05, 3.63) is 45.3 Å². The van der Waals surface area contributed by atoms with Gasteiger partial charge in [-0.05, 0) is 44.0 Å². The first-order valence-corrected chi connectivity index (χ1v) is 8.33. The van der Waals surface area contributed by atoms with Gasteiger partial charge in [0.1, 0.15) is 4.21 Å². The second kappa shape index (κ2) is 5.15. The Morgan fingerprint density at radius 1 is 1.11 bits per heavy atom. The molecule has 19 heavy (non-hydrogen) atoms. The molecule has 0 aliphatic rings. The SMILES string of the molecule is Cc1cc(C)c(NS(=O)(=O)c2ccc(Cl)s2)c(C)c1. The van der Waals surface area contributed by atoms with Crippen molar-refractivity contribution < 1.29 is 8.42 Å². The van der Waals surface area contributed by atoms with Crippen LogP contribution in [0.1, 0.15) is 16.7 Å². The van der Waals surface area contributed by atoms with E-state index in [1.54, 1.807) is 6.07 Å². The maximum Gasteiger partial charge on any atom is 0.271 e. The third-order valence-corrected chi connectivity index (χ3v) is 5.80. The zero-order valence-electron chi connectivity index (χ0n) is 10.8. The summed E-state index contributed by atoms with van der Waals surface area (Å²) in [5.74, 6) is 0. The van der Waals surface area contributed by atoms with E-state index in [1.165, 1.54) is 6.07 Å². The van der Waals surface area contributed by atoms with Crippen LogP contribution in [0.4, 0.5) is 5.69 Å². The number of anilines is 1. The van der Waals surface area contributed by atoms with Gasteiger partial charge in [0, 0.05) is 0 Å². The smallest absolute Gasteiger partial charge is 0.271 e. The Bertz CT molecular complexity index is 697. The fourth-order valence-corrected chi connectivity index (χ4v) is 4.65. The Balaban J connectivity index is 2.41. The quantitative estimate of drug-likeness (QED) is 0.925. The second-order valence-electron chi connectivity index (χ2n) is 4.44. The summed E-state index contributed by atoms with van der Waals surface area (Å²) in [6.07, 6.45) is 0. The zero-order valence-corrected chi connectivity index (χ0v) is 13.2. The van der Waals surface area contributed by atoms with Crippen LogP contribution in [0.5, 0.6) is 0 Å². The van der Waals surface area contributed by atoms with Crippen LogP contribution in [0.15, 0.2) is 28.5 Å². The van der Waals surface area contributed by atoms with E-state index in [1.807, 2.05) is 32.9 Å². The summed E-state index contributed by atoms with van der Waals surface area (Å²) in [4.78, 5) is 0. The third kappa shape index (κ3) is 3.11. The lowest BCUT2D eigenvalue weighted by atomic mass is 10.1. The van der Waals surface area contributed by atoms with Crippen LogP contribution < -0.4 is 4.72 Å². The topological polar surface area (TPSA) is 46.2 Å². The van der Waals surface area contributed by atoms with Crippen LogP contribution in [0.25, 0.3) is 0 Å². The van der Waals surface area contributed by atoms with Gasteiger partial charge in [-0.25, -0.2) is 8.42 Å². The standard InChI is InChI=1S/C13H14ClNO2S2/c1-8-6-9(2)13(10(3)7-8)15-19(16,17)12-5-4-11(14)18-12/h4-7,15H,1-3H3. The minimum absolute atomic E-state index is 0.219. The molecule has 2 rings (SSSR count). The molecule has 0 aliphatic carbocycles. The van der Waals surface area contributed by atoms with E-state index in [2.05, 4.69) is 4.72 Å². The van der Waals surface area contributed by atoms with E-state index in [9.17, 15) is 8.42 Å². The van der Waals surface area contributed by atoms with E-state index >= 15 is 0 Å². The molecule has 0 radical (unpaired) electrons. The third-order valence-electron chi connectivity index (χ3n) is 2.73. The largest absolute Gasteiger partial charge is 0.278 e. The molecule has 0 spiro atoms. The Kier molecular flexibility index (Phi) is 3.90. The Morgan fingerprint density at radius 2 is 1.68 bits per heavy atom. The average molecular weight is 316 g/mol. The van der Waals surface area contributed by atoms with Crippen molar-refractivity contribution in [3.8, 4) is 0 Å². The first kappa shape index (κ1) is 14.4. The van der Waals surface area contributed by atoms with Crippen LogP contribution in [0, 0.1) is 20.8 Å². The Morgan fingerprint density at radius 3 is 2.16 bits per heavy atom. The number of nitrogens with one attached hydrogen (secondary N) is 1. The average Bonchev–Trinajstić information content (AvgIpc) is 2.71. The van der Waals surface area contributed by atoms with E-state index in [0.717, 1.165) is 28.0 Å². The van der Waals surface area contributed by atoms with Gasteiger partial charge in [0.25, 0.3) is 10.0 Å². The lowest BCUT2D eigenvalue weighted by Gasteiger charge is -2.13. The molecule has 1 heterocycles. The van der Waals surface area contributed by atoms with Crippen molar-refractivity contribution in [2.75, 3.05) is 4.72 Å². The van der Waals surface area contributed by atoms with Gasteiger partial charge in [-0.15, -0.1) is 11.3 Å². The molecule has 0 unspecified atom stereocenters. The van der Waals surface area contributed by atoms with Crippen molar-refractivity contribution in [2.45, 2.75) is 25.0 Å². The summed E-state index contributed by atoms with van der Waals surface area (Å²) in [6, 6.07) is 6.99. The van der Waals surface area contributed by atoms with Gasteiger partial charge in [-0.3, -0.25) is 4.72 Å². The number of hydrogen-bond acceptors (Lipinski definition) is 3. The first-order chi connectivity index (χ1) is 8.79. The second-order valence-corrected chi connectivity index (χ2v) is 8.06. The van der Waals surface area contributed by atoms with E-state index in [-0.39, 0.29) is 4.21 Å². The van der Waals surface area contributed by atoms with Gasteiger partial charge in [0.2, 0.25) is 0 Å². The molecule has 1 aromatic heterocycles. The number of halogens is 1. The predicted molar refractivity (Wildman–Crippen MR) is 80.8 cm³/mol. The highest BCUT2D eigenvalue weighted by Gasteiger charge is 2.18. The number of thiophene rings is 1. The van der Waals surface area contributed by atoms with E-state index in [4.69, 9.17) is 11.6 Å². The van der Waals surface area contributed by atoms with Crippen LogP contribution >= 0.6 is 22.9 Å². The molecular formula is C13H14ClNO2S2. The summed E-state index contributed by atoms with van der Waals surface area (Å²) in [5, 5.41) is 0. The Labute approximate surface area is 122 Å². The minimum Gasteiger partial charge on any atom is -0.278 e. The van der Waals surface area contributed by atoms with Crippen molar-refractivity contribution in [1.82, 2.24) is 0 Å². The number of hydrogen-bond donors (Lipinski definition) is 1. The van der Waals surface area contributed by atoms with Crippen molar-refractivity contribution in [3.63, 3.8) is 0 Å². The van der Waals surface area contributed by atoms with Gasteiger partial charge in [-0.1, -0.05) is 29.3 Å². The molecule has 0 saturated heterocycles. The van der Waals surface area contributed by atoms with Crippen LogP contribution in [-0.4, -0.2) is 8.42 Å². The lowest BCUT2D eigenvalue weighted by Crippen LogP contribution is -2.13. The summed E-state index contributed by atoms with van der Waals surface area (Å²) >= 11 is 6.82. The molecule has 0 bridgehead atoms. The Hall–Kier alpha value is -1.04. The van der Waals surface area contributed by atoms with Crippen molar-refractivity contribution >= 4 is 38.6 Å². The predicted octanol–water partition coefficient (Wildman–Crippen LogP) is 4.13. The van der Waals surface area contributed by atoms with Gasteiger partial charge in [-0.2, -0.15) is 0 Å². The number of rotatable bonds is 3. The highest BCUT2D eigenvalue weighted by atomic mass is 35.5. The molecule has 0 amide bonds. The highest BCUT2D eigenvalue weighted by Crippen LogP contribution is 2.29. The maximum atomic E-state index is 12.2. The number of aryl methyl sites for hydroxylation is 3. The van der Waals surface area contributed by atoms with E-state index in [0.29, 0.717) is 10.0 Å². The molecule has 3 nitrogen and oxygen atoms in total. The molecule has 0 aliphatic heterocycles. The molecule has 102 valence electrons. The molecule has 6 heteroatoms. The molecule has 0 fully saturated rings. The van der Waals surface area contributed by atoms with Gasteiger partial charge in [0.05, 0.1) is 10.0 Å². The minimum atomic E-state index is -3.57. The molecule has 2 aromatic rings. The van der Waals surface area contributed by atoms with Crippen LogP contribution in [-0.2, 0) is 10.0 Å². The van der Waals surface area contributed by atoms with Gasteiger partial charge in [0.15, 0.2) is 0 Å². The van der Waals surface area contributed by atoms with E-state index < -0.39 is 10.0 Å². The van der Waals surface area contributed by atoms with Crippen LogP contribution in [0.3, 0.4) is 0 Å². The van der Waals surface area contributed by atoms with Crippen molar-refractivity contribution in [1.29, 1.82) is 0 Å². The summed E-state index contributed by atoms with van der Waals surface area (Å²) < 4.78 is 27.8. The fraction of sp³-hybridized carbons (Fsp3) is 0.231. The first-order valence-electron chi connectivity index (χ1n) is 5.65. The van der Waals surface area contributed by atoms with Gasteiger partial charge >= 0.3 is 0 Å². The summed E-state index contributed by atoms with van der Waals surface area (Å²) in [5.41, 5.74) is 3.56. The van der Waals surface area contributed by atoms with Gasteiger partial charge < -0.3 is 0 Å². The number of sulfonamides is 1. The molecule has 0 saturated carbocycles. The highest BCUT2D eigenvalue weighted by molar-refractivity contribution is 7.94. The fourth-order valence-electron chi connectivity index (χ4n) is 1.97. The maximum absolute atomic E-state index is 12.2. The molecule has 1 aromatic carbocycles. The molecule has 1 N–H and O–H groups in total. The summed E-state index contributed by atoms with van der Waals surface area (Å²) in [6.45, 7) is 5.76. The molecular weight excluding hydrogens is 302 g/mol. The van der Waals surface area contributed by atoms with Crippen molar-refractivity contribution in [2.24, 2.45) is 0 Å².